The first-order valence-corrected chi connectivity index (χ1v) is 8.72. The summed E-state index contributed by atoms with van der Waals surface area (Å²) in [6, 6.07) is 14.5. The summed E-state index contributed by atoms with van der Waals surface area (Å²) in [6.45, 7) is 3.32. The predicted octanol–water partition coefficient (Wildman–Crippen LogP) is 3.44. The minimum absolute atomic E-state index is 0.0410. The minimum Gasteiger partial charge on any atom is -0.494 e. The number of carbonyl (C=O) groups is 2. The minimum atomic E-state index is -0.194. The van der Waals surface area contributed by atoms with Crippen LogP contribution < -0.4 is 14.8 Å². The molecule has 26 heavy (non-hydrogen) atoms. The van der Waals surface area contributed by atoms with Crippen molar-refractivity contribution in [2.24, 2.45) is 0 Å². The Morgan fingerprint density at radius 3 is 2.23 bits per heavy atom. The van der Waals surface area contributed by atoms with Crippen LogP contribution in [0.5, 0.6) is 17.2 Å². The van der Waals surface area contributed by atoms with Gasteiger partial charge in [0.25, 0.3) is 0 Å². The van der Waals surface area contributed by atoms with Crippen molar-refractivity contribution in [3.8, 4) is 17.2 Å². The summed E-state index contributed by atoms with van der Waals surface area (Å²) in [7, 11) is 0. The molecule has 6 nitrogen and oxygen atoms in total. The van der Waals surface area contributed by atoms with E-state index in [9.17, 15) is 9.59 Å². The van der Waals surface area contributed by atoms with Crippen molar-refractivity contribution in [1.29, 1.82) is 0 Å². The number of anilines is 1. The summed E-state index contributed by atoms with van der Waals surface area (Å²) in [5, 5.41) is 2.80. The van der Waals surface area contributed by atoms with Gasteiger partial charge in [0.05, 0.1) is 13.2 Å². The van der Waals surface area contributed by atoms with Crippen molar-refractivity contribution in [2.75, 3.05) is 25.0 Å². The Labute approximate surface area is 152 Å². The molecule has 0 spiro atoms. The Morgan fingerprint density at radius 1 is 1.04 bits per heavy atom. The lowest BCUT2D eigenvalue weighted by molar-refractivity contribution is -0.131. The molecule has 1 aliphatic heterocycles. The maximum Gasteiger partial charge on any atom is 0.243 e. The van der Waals surface area contributed by atoms with E-state index in [1.807, 2.05) is 31.2 Å². The van der Waals surface area contributed by atoms with Crippen LogP contribution in [0.3, 0.4) is 0 Å². The summed E-state index contributed by atoms with van der Waals surface area (Å²) in [5.74, 6) is 2.02. The lowest BCUT2D eigenvalue weighted by Crippen LogP contribution is -2.33. The summed E-state index contributed by atoms with van der Waals surface area (Å²) in [5.41, 5.74) is 0.667. The van der Waals surface area contributed by atoms with Crippen LogP contribution in [-0.2, 0) is 9.59 Å². The highest BCUT2D eigenvalue weighted by Crippen LogP contribution is 2.25. The van der Waals surface area contributed by atoms with E-state index in [-0.39, 0.29) is 18.4 Å². The second kappa shape index (κ2) is 8.38. The second-order valence-electron chi connectivity index (χ2n) is 6.00. The molecule has 0 atom stereocenters. The molecule has 0 unspecified atom stereocenters. The summed E-state index contributed by atoms with van der Waals surface area (Å²) in [4.78, 5) is 25.2. The zero-order valence-corrected chi connectivity index (χ0v) is 14.7. The van der Waals surface area contributed by atoms with E-state index >= 15 is 0 Å². The molecule has 1 N–H and O–H groups in total. The molecule has 1 aliphatic rings. The molecular formula is C20H22N2O4. The number of hydrogen-bond donors (Lipinski definition) is 1. The summed E-state index contributed by atoms with van der Waals surface area (Å²) in [6.07, 6.45) is 1.36. The monoisotopic (exact) mass is 354 g/mol. The maximum absolute atomic E-state index is 12.0. The van der Waals surface area contributed by atoms with Gasteiger partial charge in [-0.05, 0) is 61.9 Å². The largest absolute Gasteiger partial charge is 0.494 e. The first-order valence-electron chi connectivity index (χ1n) is 8.72. The van der Waals surface area contributed by atoms with E-state index in [0.717, 1.165) is 12.2 Å². The summed E-state index contributed by atoms with van der Waals surface area (Å²) >= 11 is 0. The number of hydrogen-bond acceptors (Lipinski definition) is 4. The SMILES string of the molecule is CCOc1ccc(Oc2ccc(NC(=O)CN3CCCC3=O)cc2)cc1. The van der Waals surface area contributed by atoms with Gasteiger partial charge in [-0.1, -0.05) is 0 Å². The molecule has 2 aromatic rings. The molecule has 1 fully saturated rings. The first-order chi connectivity index (χ1) is 12.6. The first kappa shape index (κ1) is 17.8. The van der Waals surface area contributed by atoms with E-state index in [2.05, 4.69) is 5.32 Å². The van der Waals surface area contributed by atoms with Crippen LogP contribution in [0.25, 0.3) is 0 Å². The van der Waals surface area contributed by atoms with Gasteiger partial charge in [-0.3, -0.25) is 9.59 Å². The Hall–Kier alpha value is -3.02. The van der Waals surface area contributed by atoms with Crippen molar-refractivity contribution in [3.05, 3.63) is 48.5 Å². The van der Waals surface area contributed by atoms with Gasteiger partial charge in [-0.25, -0.2) is 0 Å². The molecule has 1 heterocycles. The zero-order chi connectivity index (χ0) is 18.4. The number of likely N-dealkylation sites (tertiary alicyclic amines) is 1. The summed E-state index contributed by atoms with van der Waals surface area (Å²) < 4.78 is 11.2. The average molecular weight is 354 g/mol. The molecular weight excluding hydrogens is 332 g/mol. The van der Waals surface area contributed by atoms with Crippen molar-refractivity contribution < 1.29 is 19.1 Å². The van der Waals surface area contributed by atoms with Crippen LogP contribution in [0, 0.1) is 0 Å². The number of ether oxygens (including phenoxy) is 2. The smallest absolute Gasteiger partial charge is 0.243 e. The highest BCUT2D eigenvalue weighted by Gasteiger charge is 2.22. The van der Waals surface area contributed by atoms with Crippen LogP contribution in [-0.4, -0.2) is 36.4 Å². The molecule has 0 aromatic heterocycles. The van der Waals surface area contributed by atoms with Gasteiger partial charge in [0.15, 0.2) is 0 Å². The fourth-order valence-electron chi connectivity index (χ4n) is 2.76. The van der Waals surface area contributed by atoms with E-state index in [1.165, 1.54) is 0 Å². The van der Waals surface area contributed by atoms with Crippen molar-refractivity contribution >= 4 is 17.5 Å². The molecule has 0 radical (unpaired) electrons. The van der Waals surface area contributed by atoms with Gasteiger partial charge in [-0.2, -0.15) is 0 Å². The Morgan fingerprint density at radius 2 is 1.65 bits per heavy atom. The molecule has 2 aromatic carbocycles. The number of carbonyl (C=O) groups excluding carboxylic acids is 2. The highest BCUT2D eigenvalue weighted by atomic mass is 16.5. The number of rotatable bonds is 7. The van der Waals surface area contributed by atoms with Crippen LogP contribution >= 0.6 is 0 Å². The van der Waals surface area contributed by atoms with Gasteiger partial charge in [-0.15, -0.1) is 0 Å². The quantitative estimate of drug-likeness (QED) is 0.827. The number of benzene rings is 2. The molecule has 0 aliphatic carbocycles. The lowest BCUT2D eigenvalue weighted by atomic mass is 10.3. The highest BCUT2D eigenvalue weighted by molar-refractivity contribution is 5.94. The molecule has 136 valence electrons. The number of nitrogens with one attached hydrogen (secondary N) is 1. The Kier molecular flexibility index (Phi) is 5.73. The van der Waals surface area contributed by atoms with Gasteiger partial charge in [0, 0.05) is 18.7 Å². The van der Waals surface area contributed by atoms with E-state index in [0.29, 0.717) is 36.8 Å². The van der Waals surface area contributed by atoms with Crippen LogP contribution in [0.1, 0.15) is 19.8 Å². The predicted molar refractivity (Wildman–Crippen MR) is 98.6 cm³/mol. The molecule has 2 amide bonds. The van der Waals surface area contributed by atoms with Crippen LogP contribution in [0.2, 0.25) is 0 Å². The number of amides is 2. The average Bonchev–Trinajstić information content (AvgIpc) is 3.03. The maximum atomic E-state index is 12.0. The van der Waals surface area contributed by atoms with Crippen LogP contribution in [0.15, 0.2) is 48.5 Å². The third-order valence-corrected chi connectivity index (χ3v) is 4.01. The zero-order valence-electron chi connectivity index (χ0n) is 14.7. The normalized spacial score (nSPS) is 13.6. The molecule has 3 rings (SSSR count). The van der Waals surface area contributed by atoms with Crippen molar-refractivity contribution in [1.82, 2.24) is 4.90 Å². The molecule has 6 heteroatoms. The molecule has 0 saturated carbocycles. The third kappa shape index (κ3) is 4.75. The van der Waals surface area contributed by atoms with E-state index < -0.39 is 0 Å². The fourth-order valence-corrected chi connectivity index (χ4v) is 2.76. The fraction of sp³-hybridized carbons (Fsp3) is 0.300. The standard InChI is InChI=1S/C20H22N2O4/c1-2-25-16-9-11-18(12-10-16)26-17-7-5-15(6-8-17)21-19(23)14-22-13-3-4-20(22)24/h5-12H,2-4,13-14H2,1H3,(H,21,23). The van der Waals surface area contributed by atoms with Crippen molar-refractivity contribution in [2.45, 2.75) is 19.8 Å². The van der Waals surface area contributed by atoms with Gasteiger partial charge in [0.1, 0.15) is 17.2 Å². The Bertz CT molecular complexity index is 756. The Balaban J connectivity index is 1.52. The molecule has 1 saturated heterocycles. The van der Waals surface area contributed by atoms with Gasteiger partial charge < -0.3 is 19.7 Å². The topological polar surface area (TPSA) is 67.9 Å². The van der Waals surface area contributed by atoms with Gasteiger partial charge >= 0.3 is 0 Å². The lowest BCUT2D eigenvalue weighted by Gasteiger charge is -2.15. The third-order valence-electron chi connectivity index (χ3n) is 4.01. The van der Waals surface area contributed by atoms with Gasteiger partial charge in [0.2, 0.25) is 11.8 Å². The number of nitrogens with zero attached hydrogens (tertiary/aromatic N) is 1. The molecule has 0 bridgehead atoms. The second-order valence-corrected chi connectivity index (χ2v) is 6.00. The van der Waals surface area contributed by atoms with Crippen molar-refractivity contribution in [3.63, 3.8) is 0 Å². The van der Waals surface area contributed by atoms with E-state index in [1.54, 1.807) is 29.2 Å². The van der Waals surface area contributed by atoms with Crippen LogP contribution in [0.4, 0.5) is 5.69 Å². The van der Waals surface area contributed by atoms with E-state index in [4.69, 9.17) is 9.47 Å².